The Kier molecular flexibility index (Phi) is 3.91. The maximum Gasteiger partial charge on any atom is 0.277 e. The summed E-state index contributed by atoms with van der Waals surface area (Å²) in [4.78, 5) is 12.0. The van der Waals surface area contributed by atoms with Crippen molar-refractivity contribution in [1.82, 2.24) is 19.7 Å². The molecule has 0 atom stereocenters. The highest BCUT2D eigenvalue weighted by Crippen LogP contribution is 2.02. The van der Waals surface area contributed by atoms with E-state index in [4.69, 9.17) is 0 Å². The fourth-order valence-electron chi connectivity index (χ4n) is 1.58. The molecule has 0 radical (unpaired) electrons. The average Bonchev–Trinajstić information content (AvgIpc) is 2.42. The van der Waals surface area contributed by atoms with E-state index < -0.39 is 10.0 Å². The van der Waals surface area contributed by atoms with Crippen LogP contribution in [0.4, 0.5) is 0 Å². The van der Waals surface area contributed by atoms with Gasteiger partial charge >= 0.3 is 0 Å². The second-order valence-electron chi connectivity index (χ2n) is 3.93. The van der Waals surface area contributed by atoms with Crippen LogP contribution in [0.3, 0.4) is 0 Å². The van der Waals surface area contributed by atoms with E-state index in [9.17, 15) is 13.2 Å². The van der Waals surface area contributed by atoms with Gasteiger partial charge in [-0.3, -0.25) is 4.79 Å². The molecule has 102 valence electrons. The number of benzene rings is 1. The zero-order valence-corrected chi connectivity index (χ0v) is 11.2. The molecule has 0 aliphatic heterocycles. The zero-order valence-electron chi connectivity index (χ0n) is 10.4. The predicted octanol–water partition coefficient (Wildman–Crippen LogP) is -0.269. The van der Waals surface area contributed by atoms with Crippen molar-refractivity contribution in [3.8, 4) is 0 Å². The Morgan fingerprint density at radius 3 is 2.79 bits per heavy atom. The van der Waals surface area contributed by atoms with Crippen molar-refractivity contribution in [3.63, 3.8) is 0 Å². The summed E-state index contributed by atoms with van der Waals surface area (Å²) in [5.74, 6) is 0.00526. The lowest BCUT2D eigenvalue weighted by Crippen LogP contribution is -2.33. The van der Waals surface area contributed by atoms with Gasteiger partial charge in [-0.2, -0.15) is 0 Å². The highest BCUT2D eigenvalue weighted by molar-refractivity contribution is 7.89. The van der Waals surface area contributed by atoms with Gasteiger partial charge in [0.15, 0.2) is 0 Å². The van der Waals surface area contributed by atoms with Crippen LogP contribution in [0.15, 0.2) is 29.1 Å². The Hall–Kier alpha value is -1.80. The Bertz CT molecular complexity index is 739. The third kappa shape index (κ3) is 3.15. The molecule has 7 nitrogen and oxygen atoms in total. The van der Waals surface area contributed by atoms with Crippen molar-refractivity contribution in [2.75, 3.05) is 12.3 Å². The first-order valence-corrected chi connectivity index (χ1v) is 7.48. The van der Waals surface area contributed by atoms with Gasteiger partial charge in [-0.05, 0) is 19.1 Å². The van der Waals surface area contributed by atoms with Crippen molar-refractivity contribution < 1.29 is 8.42 Å². The highest BCUT2D eigenvalue weighted by Gasteiger charge is 2.07. The normalized spacial score (nSPS) is 11.8. The number of sulfonamides is 1. The molecule has 0 spiro atoms. The molecule has 0 aliphatic carbocycles. The third-order valence-corrected chi connectivity index (χ3v) is 4.06. The lowest BCUT2D eigenvalue weighted by atomic mass is 10.2. The highest BCUT2D eigenvalue weighted by atomic mass is 32.2. The van der Waals surface area contributed by atoms with Crippen LogP contribution in [-0.4, -0.2) is 35.7 Å². The molecule has 0 bridgehead atoms. The number of hydrogen-bond donors (Lipinski definition) is 1. The Labute approximate surface area is 110 Å². The monoisotopic (exact) mass is 282 g/mol. The van der Waals surface area contributed by atoms with Crippen LogP contribution in [0.1, 0.15) is 6.92 Å². The smallest absolute Gasteiger partial charge is 0.267 e. The van der Waals surface area contributed by atoms with Crippen LogP contribution in [0.2, 0.25) is 0 Å². The molecule has 0 amide bonds. The molecule has 0 unspecified atom stereocenters. The summed E-state index contributed by atoms with van der Waals surface area (Å²) in [6.45, 7) is 1.81. The molecule has 0 fully saturated rings. The lowest BCUT2D eigenvalue weighted by Gasteiger charge is -2.06. The number of rotatable bonds is 5. The first-order valence-electron chi connectivity index (χ1n) is 5.83. The lowest BCUT2D eigenvalue weighted by molar-refractivity contribution is 0.532. The van der Waals surface area contributed by atoms with Crippen molar-refractivity contribution in [2.24, 2.45) is 0 Å². The van der Waals surface area contributed by atoms with Crippen LogP contribution < -0.4 is 10.3 Å². The maximum absolute atomic E-state index is 12.0. The van der Waals surface area contributed by atoms with Gasteiger partial charge in [0, 0.05) is 6.54 Å². The minimum Gasteiger partial charge on any atom is -0.267 e. The van der Waals surface area contributed by atoms with E-state index in [2.05, 4.69) is 15.0 Å². The largest absolute Gasteiger partial charge is 0.277 e. The Balaban J connectivity index is 2.18. The summed E-state index contributed by atoms with van der Waals surface area (Å²) in [5, 5.41) is 8.15. The molecule has 1 N–H and O–H groups in total. The molecular formula is C11H14N4O3S. The van der Waals surface area contributed by atoms with Gasteiger partial charge in [0.05, 0.1) is 17.7 Å². The second kappa shape index (κ2) is 5.45. The van der Waals surface area contributed by atoms with Gasteiger partial charge in [-0.1, -0.05) is 17.3 Å². The van der Waals surface area contributed by atoms with Crippen molar-refractivity contribution in [2.45, 2.75) is 13.5 Å². The molecule has 2 aromatic rings. The quantitative estimate of drug-likeness (QED) is 0.814. The van der Waals surface area contributed by atoms with Crippen LogP contribution in [0.25, 0.3) is 10.9 Å². The summed E-state index contributed by atoms with van der Waals surface area (Å²) in [6, 6.07) is 6.89. The van der Waals surface area contributed by atoms with E-state index >= 15 is 0 Å². The molecule has 1 heterocycles. The fraction of sp³-hybridized carbons (Fsp3) is 0.364. The molecule has 8 heteroatoms. The number of fused-ring (bicyclic) bond motifs is 1. The summed E-state index contributed by atoms with van der Waals surface area (Å²) < 4.78 is 26.0. The minimum absolute atomic E-state index is 0.00526. The van der Waals surface area contributed by atoms with E-state index in [1.807, 2.05) is 0 Å². The second-order valence-corrected chi connectivity index (χ2v) is 6.03. The van der Waals surface area contributed by atoms with E-state index in [0.717, 1.165) is 4.68 Å². The number of aromatic nitrogens is 3. The SMILES string of the molecule is CCS(=O)(=O)NCCn1nnc2ccccc2c1=O. The Morgan fingerprint density at radius 2 is 2.05 bits per heavy atom. The minimum atomic E-state index is -3.26. The standard InChI is InChI=1S/C11H14N4O3S/c1-2-19(17,18)12-7-8-15-11(16)9-5-3-4-6-10(9)13-14-15/h3-6,12H,2,7-8H2,1H3. The van der Waals surface area contributed by atoms with E-state index in [0.29, 0.717) is 10.9 Å². The first kappa shape index (κ1) is 13.6. The summed E-state index contributed by atoms with van der Waals surface area (Å²) in [5.41, 5.74) is 0.249. The molecule has 1 aromatic carbocycles. The molecule has 2 rings (SSSR count). The fourth-order valence-corrected chi connectivity index (χ4v) is 2.19. The molecule has 0 aliphatic rings. The van der Waals surface area contributed by atoms with Gasteiger partial charge in [-0.15, -0.1) is 5.10 Å². The number of nitrogens with one attached hydrogen (secondary N) is 1. The first-order chi connectivity index (χ1) is 9.03. The molecule has 1 aromatic heterocycles. The summed E-state index contributed by atoms with van der Waals surface area (Å²) in [7, 11) is -3.26. The van der Waals surface area contributed by atoms with E-state index in [1.165, 1.54) is 0 Å². The van der Waals surface area contributed by atoms with Gasteiger partial charge < -0.3 is 0 Å². The van der Waals surface area contributed by atoms with Gasteiger partial charge in [0.25, 0.3) is 5.56 Å². The summed E-state index contributed by atoms with van der Waals surface area (Å²) >= 11 is 0. The van der Waals surface area contributed by atoms with Crippen molar-refractivity contribution >= 4 is 20.9 Å². The Morgan fingerprint density at radius 1 is 1.32 bits per heavy atom. The maximum atomic E-state index is 12.0. The van der Waals surface area contributed by atoms with Crippen LogP contribution in [-0.2, 0) is 16.6 Å². The average molecular weight is 282 g/mol. The molecule has 0 saturated heterocycles. The van der Waals surface area contributed by atoms with Crippen molar-refractivity contribution in [1.29, 1.82) is 0 Å². The number of hydrogen-bond acceptors (Lipinski definition) is 5. The van der Waals surface area contributed by atoms with Crippen LogP contribution in [0.5, 0.6) is 0 Å². The molecule has 19 heavy (non-hydrogen) atoms. The van der Waals surface area contributed by atoms with Crippen LogP contribution in [0, 0.1) is 0 Å². The van der Waals surface area contributed by atoms with E-state index in [1.54, 1.807) is 31.2 Å². The zero-order chi connectivity index (χ0) is 13.9. The van der Waals surface area contributed by atoms with E-state index in [-0.39, 0.29) is 24.4 Å². The predicted molar refractivity (Wildman–Crippen MR) is 71.3 cm³/mol. The van der Waals surface area contributed by atoms with Gasteiger partial charge in [0.2, 0.25) is 10.0 Å². The van der Waals surface area contributed by atoms with Crippen molar-refractivity contribution in [3.05, 3.63) is 34.6 Å². The molecular weight excluding hydrogens is 268 g/mol. The third-order valence-electron chi connectivity index (χ3n) is 2.65. The molecule has 0 saturated carbocycles. The summed E-state index contributed by atoms with van der Waals surface area (Å²) in [6.07, 6.45) is 0. The number of nitrogens with zero attached hydrogens (tertiary/aromatic N) is 3. The van der Waals surface area contributed by atoms with Crippen LogP contribution >= 0.6 is 0 Å². The van der Waals surface area contributed by atoms with Gasteiger partial charge in [-0.25, -0.2) is 17.8 Å². The topological polar surface area (TPSA) is 93.9 Å². The van der Waals surface area contributed by atoms with Gasteiger partial charge in [0.1, 0.15) is 5.52 Å².